The maximum absolute atomic E-state index is 6.27. The van der Waals surface area contributed by atoms with Crippen molar-refractivity contribution in [3.63, 3.8) is 0 Å². The van der Waals surface area contributed by atoms with Gasteiger partial charge in [0.2, 0.25) is 0 Å². The summed E-state index contributed by atoms with van der Waals surface area (Å²) in [7, 11) is 0. The molecule has 0 amide bonds. The molecule has 0 saturated heterocycles. The highest BCUT2D eigenvalue weighted by Crippen LogP contribution is 2.54. The van der Waals surface area contributed by atoms with E-state index in [1.54, 1.807) is 11.3 Å². The van der Waals surface area contributed by atoms with Gasteiger partial charge in [0.05, 0.1) is 5.54 Å². The summed E-state index contributed by atoms with van der Waals surface area (Å²) in [5, 5.41) is 2.95. The second kappa shape index (κ2) is 6.75. The molecule has 2 aromatic heterocycles. The smallest absolute Gasteiger partial charge is 0.155 e. The summed E-state index contributed by atoms with van der Waals surface area (Å²) < 4.78 is 0.281. The van der Waals surface area contributed by atoms with Gasteiger partial charge in [-0.3, -0.25) is 9.98 Å². The lowest BCUT2D eigenvalue weighted by Crippen LogP contribution is -2.39. The summed E-state index contributed by atoms with van der Waals surface area (Å²) in [4.78, 5) is 10.5. The van der Waals surface area contributed by atoms with Gasteiger partial charge in [-0.1, -0.05) is 30.5 Å². The van der Waals surface area contributed by atoms with E-state index in [0.717, 1.165) is 22.7 Å². The van der Waals surface area contributed by atoms with Crippen LogP contribution in [-0.4, -0.2) is 14.9 Å². The van der Waals surface area contributed by atoms with Gasteiger partial charge in [-0.25, -0.2) is 0 Å². The number of aromatic nitrogens is 1. The van der Waals surface area contributed by atoms with Crippen molar-refractivity contribution in [2.45, 2.75) is 56.2 Å². The molecule has 134 valence electrons. The van der Waals surface area contributed by atoms with Crippen LogP contribution < -0.4 is 5.73 Å². The Hall–Kier alpha value is -1.77. The normalized spacial score (nSPS) is 24.2. The monoisotopic (exact) mass is 381 g/mol. The first-order valence-corrected chi connectivity index (χ1v) is 10.7. The average molecular weight is 382 g/mol. The number of aliphatic imine (C=N–C) groups is 1. The Labute approximate surface area is 163 Å². The van der Waals surface area contributed by atoms with Crippen LogP contribution in [0.4, 0.5) is 0 Å². The minimum Gasteiger partial charge on any atom is -0.378 e. The number of amidine groups is 1. The second-order valence-electron chi connectivity index (χ2n) is 7.43. The van der Waals surface area contributed by atoms with Crippen molar-refractivity contribution in [3.05, 3.63) is 40.3 Å². The van der Waals surface area contributed by atoms with Crippen LogP contribution >= 0.6 is 23.1 Å². The molecule has 1 fully saturated rings. The fraction of sp³-hybridized carbons (Fsp3) is 0.429. The average Bonchev–Trinajstić information content (AvgIpc) is 3.25. The first-order chi connectivity index (χ1) is 12.5. The highest BCUT2D eigenvalue weighted by atomic mass is 32.2. The highest BCUT2D eigenvalue weighted by Gasteiger charge is 2.46. The fourth-order valence-corrected chi connectivity index (χ4v) is 6.77. The number of pyridine rings is 1. The van der Waals surface area contributed by atoms with Crippen molar-refractivity contribution in [2.75, 3.05) is 0 Å². The Balaban J connectivity index is 1.67. The molecular weight excluding hydrogens is 358 g/mol. The Morgan fingerprint density at radius 1 is 1.15 bits per heavy atom. The van der Waals surface area contributed by atoms with Crippen LogP contribution in [0.1, 0.15) is 56.4 Å². The first-order valence-electron chi connectivity index (χ1n) is 9.04. The van der Waals surface area contributed by atoms with Gasteiger partial charge in [-0.05, 0) is 56.2 Å². The Bertz CT molecular complexity index is 913. The van der Waals surface area contributed by atoms with E-state index in [2.05, 4.69) is 41.3 Å². The zero-order valence-corrected chi connectivity index (χ0v) is 16.8. The summed E-state index contributed by atoms with van der Waals surface area (Å²) in [6, 6.07) is 4.37. The highest BCUT2D eigenvalue weighted by molar-refractivity contribution is 8.15. The minimum absolute atomic E-state index is 0.225. The molecule has 4 rings (SSSR count). The van der Waals surface area contributed by atoms with Gasteiger partial charge in [-0.2, -0.15) is 0 Å². The summed E-state index contributed by atoms with van der Waals surface area (Å²) in [5.74, 6) is 6.02. The number of rotatable bonds is 2. The first kappa shape index (κ1) is 17.6. The van der Waals surface area contributed by atoms with E-state index in [1.807, 2.05) is 31.1 Å². The number of hydrogen-bond acceptors (Lipinski definition) is 5. The topological polar surface area (TPSA) is 51.3 Å². The van der Waals surface area contributed by atoms with Gasteiger partial charge >= 0.3 is 0 Å². The molecular formula is C21H23N3S2. The lowest BCUT2D eigenvalue weighted by atomic mass is 9.85. The number of thiophene rings is 1. The minimum atomic E-state index is -0.225. The third kappa shape index (κ3) is 3.28. The van der Waals surface area contributed by atoms with E-state index in [9.17, 15) is 0 Å². The molecule has 1 aliphatic heterocycles. The van der Waals surface area contributed by atoms with E-state index in [0.29, 0.717) is 0 Å². The SMILES string of the molecule is CC#Cc1cncc(-c2csc([C@]3(C)CC4(CCCC4)SC(N)=N3)c2)c1. The van der Waals surface area contributed by atoms with Crippen molar-refractivity contribution >= 4 is 28.3 Å². The van der Waals surface area contributed by atoms with Crippen molar-refractivity contribution in [1.82, 2.24) is 4.98 Å². The number of nitrogens with two attached hydrogens (primary N) is 1. The molecule has 0 unspecified atom stereocenters. The van der Waals surface area contributed by atoms with Crippen molar-refractivity contribution in [2.24, 2.45) is 10.7 Å². The van der Waals surface area contributed by atoms with Gasteiger partial charge in [0, 0.05) is 33.1 Å². The molecule has 0 bridgehead atoms. The van der Waals surface area contributed by atoms with Crippen LogP contribution in [0.25, 0.3) is 11.1 Å². The van der Waals surface area contributed by atoms with E-state index in [4.69, 9.17) is 10.7 Å². The molecule has 0 radical (unpaired) electrons. The maximum Gasteiger partial charge on any atom is 0.155 e. The molecule has 26 heavy (non-hydrogen) atoms. The van der Waals surface area contributed by atoms with Gasteiger partial charge in [0.1, 0.15) is 0 Å². The summed E-state index contributed by atoms with van der Waals surface area (Å²) in [5.41, 5.74) is 9.28. The second-order valence-corrected chi connectivity index (χ2v) is 9.83. The lowest BCUT2D eigenvalue weighted by Gasteiger charge is -2.40. The zero-order valence-electron chi connectivity index (χ0n) is 15.2. The predicted octanol–water partition coefficient (Wildman–Crippen LogP) is 5.16. The van der Waals surface area contributed by atoms with E-state index >= 15 is 0 Å². The van der Waals surface area contributed by atoms with Crippen LogP contribution in [0.5, 0.6) is 0 Å². The van der Waals surface area contributed by atoms with Gasteiger partial charge < -0.3 is 5.73 Å². The van der Waals surface area contributed by atoms with Gasteiger partial charge in [0.15, 0.2) is 5.17 Å². The van der Waals surface area contributed by atoms with Gasteiger partial charge in [0.25, 0.3) is 0 Å². The molecule has 1 spiro atoms. The maximum atomic E-state index is 6.27. The number of thioether (sulfide) groups is 1. The molecule has 2 aromatic rings. The summed E-state index contributed by atoms with van der Waals surface area (Å²) >= 11 is 3.59. The molecule has 2 aliphatic rings. The quantitative estimate of drug-likeness (QED) is 0.731. The van der Waals surface area contributed by atoms with Crippen molar-refractivity contribution in [3.8, 4) is 23.0 Å². The lowest BCUT2D eigenvalue weighted by molar-refractivity contribution is 0.382. The van der Waals surface area contributed by atoms with Crippen LogP contribution in [0.3, 0.4) is 0 Å². The third-order valence-corrected chi connectivity index (χ3v) is 7.80. The Morgan fingerprint density at radius 3 is 2.73 bits per heavy atom. The van der Waals surface area contributed by atoms with Crippen molar-refractivity contribution < 1.29 is 0 Å². The van der Waals surface area contributed by atoms with E-state index < -0.39 is 0 Å². The number of nitrogens with zero attached hydrogens (tertiary/aromatic N) is 2. The molecule has 0 aromatic carbocycles. The van der Waals surface area contributed by atoms with Crippen LogP contribution in [0, 0.1) is 11.8 Å². The Kier molecular flexibility index (Phi) is 4.58. The third-order valence-electron chi connectivity index (χ3n) is 5.33. The zero-order chi connectivity index (χ0) is 18.2. The van der Waals surface area contributed by atoms with Crippen LogP contribution in [0.2, 0.25) is 0 Å². The molecule has 1 aliphatic carbocycles. The molecule has 5 heteroatoms. The summed E-state index contributed by atoms with van der Waals surface area (Å²) in [6.45, 7) is 4.09. The molecule has 3 heterocycles. The predicted molar refractivity (Wildman–Crippen MR) is 112 cm³/mol. The molecule has 1 saturated carbocycles. The number of hydrogen-bond donors (Lipinski definition) is 1. The molecule has 3 nitrogen and oxygen atoms in total. The standard InChI is InChI=1S/C21H23N3S2/c1-3-6-15-9-16(12-23-11-15)17-10-18(25-13-17)20(2)14-21(7-4-5-8-21)26-19(22)24-20/h9-13H,4-5,7-8,14H2,1-2H3,(H2,22,24)/t20-/m0/s1. The van der Waals surface area contributed by atoms with Crippen molar-refractivity contribution in [1.29, 1.82) is 0 Å². The van der Waals surface area contributed by atoms with Crippen LogP contribution in [-0.2, 0) is 5.54 Å². The van der Waals surface area contributed by atoms with Gasteiger partial charge in [-0.15, -0.1) is 17.3 Å². The van der Waals surface area contributed by atoms with Crippen LogP contribution in [0.15, 0.2) is 34.9 Å². The Morgan fingerprint density at radius 2 is 1.96 bits per heavy atom. The van der Waals surface area contributed by atoms with E-state index in [1.165, 1.54) is 36.1 Å². The largest absolute Gasteiger partial charge is 0.378 e. The molecule has 1 atom stereocenters. The fourth-order valence-electron chi connectivity index (χ4n) is 4.21. The van der Waals surface area contributed by atoms with E-state index in [-0.39, 0.29) is 10.3 Å². The molecule has 2 N–H and O–H groups in total. The summed E-state index contributed by atoms with van der Waals surface area (Å²) in [6.07, 6.45) is 9.91.